The molecule has 0 unspecified atom stereocenters. The molecule has 3 rings (SSSR count). The van der Waals surface area contributed by atoms with E-state index < -0.39 is 0 Å². The molecule has 0 saturated heterocycles. The summed E-state index contributed by atoms with van der Waals surface area (Å²) >= 11 is 0. The minimum Gasteiger partial charge on any atom is -0.311 e. The third kappa shape index (κ3) is 3.38. The largest absolute Gasteiger partial charge is 0.311 e. The molecule has 0 saturated carbocycles. The normalized spacial score (nSPS) is 10.6. The van der Waals surface area contributed by atoms with Gasteiger partial charge in [0, 0.05) is 22.6 Å². The fourth-order valence-electron chi connectivity index (χ4n) is 2.73. The van der Waals surface area contributed by atoms with Gasteiger partial charge in [0.25, 0.3) is 0 Å². The van der Waals surface area contributed by atoms with E-state index in [0.29, 0.717) is 11.5 Å². The predicted octanol–water partition coefficient (Wildman–Crippen LogP) is 6.09. The molecule has 3 aromatic carbocycles. The molecule has 2 heteroatoms. The van der Waals surface area contributed by atoms with Gasteiger partial charge in [-0.3, -0.25) is 4.79 Å². The van der Waals surface area contributed by atoms with Crippen molar-refractivity contribution in [2.24, 2.45) is 0 Å². The highest BCUT2D eigenvalue weighted by molar-refractivity contribution is 5.80. The Labute approximate surface area is 143 Å². The van der Waals surface area contributed by atoms with Gasteiger partial charge in [0.15, 0.2) is 0 Å². The molecule has 0 aliphatic heterocycles. The van der Waals surface area contributed by atoms with E-state index in [2.05, 4.69) is 55.1 Å². The van der Waals surface area contributed by atoms with Crippen LogP contribution in [0.1, 0.15) is 35.7 Å². The number of hydrogen-bond acceptors (Lipinski definition) is 2. The zero-order valence-corrected chi connectivity index (χ0v) is 14.0. The quantitative estimate of drug-likeness (QED) is 0.531. The van der Waals surface area contributed by atoms with Crippen LogP contribution in [0.3, 0.4) is 0 Å². The number of rotatable bonds is 5. The van der Waals surface area contributed by atoms with Crippen LogP contribution in [0.4, 0.5) is 17.1 Å². The Hall–Kier alpha value is -2.87. The summed E-state index contributed by atoms with van der Waals surface area (Å²) in [6, 6.07) is 26.6. The summed E-state index contributed by atoms with van der Waals surface area (Å²) in [6.07, 6.45) is 0.869. The number of nitrogens with zero attached hydrogens (tertiary/aromatic N) is 1. The van der Waals surface area contributed by atoms with Crippen LogP contribution >= 0.6 is 0 Å². The van der Waals surface area contributed by atoms with Crippen molar-refractivity contribution < 1.29 is 4.79 Å². The van der Waals surface area contributed by atoms with Crippen molar-refractivity contribution in [1.82, 2.24) is 0 Å². The number of carbonyl (C=O) groups is 1. The zero-order valence-electron chi connectivity index (χ0n) is 14.0. The lowest BCUT2D eigenvalue weighted by molar-refractivity contribution is 0.112. The maximum Gasteiger partial charge on any atom is 0.150 e. The summed E-state index contributed by atoms with van der Waals surface area (Å²) in [7, 11) is 0. The van der Waals surface area contributed by atoms with Crippen molar-refractivity contribution in [3.8, 4) is 0 Å². The smallest absolute Gasteiger partial charge is 0.150 e. The van der Waals surface area contributed by atoms with E-state index in [-0.39, 0.29) is 0 Å². The van der Waals surface area contributed by atoms with Crippen LogP contribution in [0.5, 0.6) is 0 Å². The minimum atomic E-state index is 0.510. The zero-order chi connectivity index (χ0) is 16.9. The summed E-state index contributed by atoms with van der Waals surface area (Å²) in [5, 5.41) is 0. The summed E-state index contributed by atoms with van der Waals surface area (Å²) in [5.41, 5.74) is 5.23. The first-order valence-electron chi connectivity index (χ1n) is 8.19. The second-order valence-electron chi connectivity index (χ2n) is 6.13. The van der Waals surface area contributed by atoms with E-state index in [0.717, 1.165) is 23.3 Å². The number of anilines is 3. The van der Waals surface area contributed by atoms with Crippen molar-refractivity contribution in [2.45, 2.75) is 19.8 Å². The number of benzene rings is 3. The molecular weight excluding hydrogens is 294 g/mol. The molecular formula is C22H21NO. The minimum absolute atomic E-state index is 0.510. The molecule has 24 heavy (non-hydrogen) atoms. The second-order valence-corrected chi connectivity index (χ2v) is 6.13. The van der Waals surface area contributed by atoms with Gasteiger partial charge in [-0.25, -0.2) is 0 Å². The Morgan fingerprint density at radius 3 is 1.71 bits per heavy atom. The maximum atomic E-state index is 10.9. The lowest BCUT2D eigenvalue weighted by Crippen LogP contribution is -2.10. The van der Waals surface area contributed by atoms with Crippen LogP contribution in [0.2, 0.25) is 0 Å². The molecule has 0 aliphatic carbocycles. The molecule has 120 valence electrons. The molecule has 0 aliphatic rings. The van der Waals surface area contributed by atoms with Crippen molar-refractivity contribution in [3.63, 3.8) is 0 Å². The molecule has 0 aromatic heterocycles. The molecule has 0 amide bonds. The molecule has 0 atom stereocenters. The molecule has 0 bridgehead atoms. The molecule has 0 N–H and O–H groups in total. The topological polar surface area (TPSA) is 20.3 Å². The van der Waals surface area contributed by atoms with E-state index in [1.807, 2.05) is 42.5 Å². The highest BCUT2D eigenvalue weighted by Gasteiger charge is 2.12. The first-order chi connectivity index (χ1) is 11.7. The van der Waals surface area contributed by atoms with E-state index >= 15 is 0 Å². The van der Waals surface area contributed by atoms with Crippen molar-refractivity contribution in [1.29, 1.82) is 0 Å². The van der Waals surface area contributed by atoms with Gasteiger partial charge in [-0.05, 0) is 60.0 Å². The third-order valence-corrected chi connectivity index (χ3v) is 4.12. The van der Waals surface area contributed by atoms with Gasteiger partial charge < -0.3 is 4.90 Å². The van der Waals surface area contributed by atoms with Gasteiger partial charge in [0.1, 0.15) is 6.29 Å². The molecule has 0 radical (unpaired) electrons. The van der Waals surface area contributed by atoms with Crippen molar-refractivity contribution >= 4 is 23.3 Å². The van der Waals surface area contributed by atoms with Gasteiger partial charge in [0.05, 0.1) is 0 Å². The molecule has 3 aromatic rings. The van der Waals surface area contributed by atoms with E-state index in [4.69, 9.17) is 0 Å². The Morgan fingerprint density at radius 1 is 0.708 bits per heavy atom. The maximum absolute atomic E-state index is 10.9. The van der Waals surface area contributed by atoms with Crippen LogP contribution in [0.15, 0.2) is 78.9 Å². The molecule has 0 heterocycles. The van der Waals surface area contributed by atoms with Gasteiger partial charge in [-0.15, -0.1) is 0 Å². The van der Waals surface area contributed by atoms with Crippen LogP contribution in [-0.2, 0) is 0 Å². The summed E-state index contributed by atoms with van der Waals surface area (Å²) < 4.78 is 0. The lowest BCUT2D eigenvalue weighted by atomic mass is 10.0. The van der Waals surface area contributed by atoms with Gasteiger partial charge in [0.2, 0.25) is 0 Å². The fourth-order valence-corrected chi connectivity index (χ4v) is 2.73. The predicted molar refractivity (Wildman–Crippen MR) is 101 cm³/mol. The average molecular weight is 315 g/mol. The van der Waals surface area contributed by atoms with Crippen molar-refractivity contribution in [3.05, 3.63) is 90.0 Å². The highest BCUT2D eigenvalue weighted by Crippen LogP contribution is 2.34. The van der Waals surface area contributed by atoms with E-state index in [1.165, 1.54) is 5.56 Å². The first kappa shape index (κ1) is 16.0. The van der Waals surface area contributed by atoms with Crippen LogP contribution < -0.4 is 4.90 Å². The number of hydrogen-bond donors (Lipinski definition) is 0. The van der Waals surface area contributed by atoms with Gasteiger partial charge in [-0.1, -0.05) is 44.2 Å². The van der Waals surface area contributed by atoms with Gasteiger partial charge in [-0.2, -0.15) is 0 Å². The Morgan fingerprint density at radius 2 is 1.21 bits per heavy atom. The SMILES string of the molecule is CC(C)c1ccc(N(c2ccccc2)c2ccc(C=O)cc2)cc1. The Balaban J connectivity index is 2.06. The summed E-state index contributed by atoms with van der Waals surface area (Å²) in [6.45, 7) is 4.39. The number of para-hydroxylation sites is 1. The molecule has 0 spiro atoms. The van der Waals surface area contributed by atoms with Crippen LogP contribution in [0, 0.1) is 0 Å². The molecule has 0 fully saturated rings. The van der Waals surface area contributed by atoms with E-state index in [9.17, 15) is 4.79 Å². The average Bonchev–Trinajstić information content (AvgIpc) is 2.64. The van der Waals surface area contributed by atoms with Crippen molar-refractivity contribution in [2.75, 3.05) is 4.90 Å². The van der Waals surface area contributed by atoms with Crippen LogP contribution in [0.25, 0.3) is 0 Å². The second kappa shape index (κ2) is 7.14. The first-order valence-corrected chi connectivity index (χ1v) is 8.19. The third-order valence-electron chi connectivity index (χ3n) is 4.12. The molecule has 2 nitrogen and oxygen atoms in total. The van der Waals surface area contributed by atoms with Gasteiger partial charge >= 0.3 is 0 Å². The highest BCUT2D eigenvalue weighted by atomic mass is 16.1. The fraction of sp³-hybridized carbons (Fsp3) is 0.136. The Bertz CT molecular complexity index is 790. The number of aldehydes is 1. The monoisotopic (exact) mass is 315 g/mol. The summed E-state index contributed by atoms with van der Waals surface area (Å²) in [4.78, 5) is 13.1. The lowest BCUT2D eigenvalue weighted by Gasteiger charge is -2.25. The number of carbonyl (C=O) groups excluding carboxylic acids is 1. The Kier molecular flexibility index (Phi) is 4.76. The van der Waals surface area contributed by atoms with E-state index in [1.54, 1.807) is 0 Å². The summed E-state index contributed by atoms with van der Waals surface area (Å²) in [5.74, 6) is 0.510. The van der Waals surface area contributed by atoms with Crippen LogP contribution in [-0.4, -0.2) is 6.29 Å². The standard InChI is InChI=1S/C22H21NO/c1-17(2)19-10-14-22(15-11-19)23(20-6-4-3-5-7-20)21-12-8-18(16-24)9-13-21/h3-17H,1-2H3.